The van der Waals surface area contributed by atoms with E-state index in [1.165, 1.54) is 0 Å². The summed E-state index contributed by atoms with van der Waals surface area (Å²) < 4.78 is 0. The van der Waals surface area contributed by atoms with Gasteiger partial charge >= 0.3 is 0 Å². The monoisotopic (exact) mass is 224 g/mol. The number of nitrogens with zero attached hydrogens (tertiary/aromatic N) is 2. The van der Waals surface area contributed by atoms with Crippen molar-refractivity contribution in [1.29, 1.82) is 0 Å². The zero-order chi connectivity index (χ0) is 6.69. The third kappa shape index (κ3) is 2.84. The van der Waals surface area contributed by atoms with Gasteiger partial charge in [-0.2, -0.15) is 12.6 Å². The summed E-state index contributed by atoms with van der Waals surface area (Å²) in [5, 5.41) is 0. The molecule has 0 saturated carbocycles. The van der Waals surface area contributed by atoms with Gasteiger partial charge in [0.05, 0.1) is 6.67 Å². The lowest BCUT2D eigenvalue weighted by molar-refractivity contribution is 0.310. The zero-order valence-corrected chi connectivity index (χ0v) is 8.63. The van der Waals surface area contributed by atoms with E-state index in [2.05, 4.69) is 41.9 Å². The Morgan fingerprint density at radius 2 is 2.20 bits per heavy atom. The zero-order valence-electron chi connectivity index (χ0n) is 6.03. The molecular formula is C6H13BrN2S. The first kappa shape index (κ1) is 10.2. The molecule has 0 saturated heterocycles. The molecule has 4 heteroatoms. The van der Waals surface area contributed by atoms with Gasteiger partial charge in [0.15, 0.2) is 0 Å². The molecule has 2 nitrogen and oxygen atoms in total. The summed E-state index contributed by atoms with van der Waals surface area (Å²) >= 11 is 4.13. The van der Waals surface area contributed by atoms with Gasteiger partial charge < -0.3 is 9.80 Å². The topological polar surface area (TPSA) is 6.48 Å². The molecule has 10 heavy (non-hydrogen) atoms. The minimum Gasteiger partial charge on any atom is -0.362 e. The predicted molar refractivity (Wildman–Crippen MR) is 52.7 cm³/mol. The van der Waals surface area contributed by atoms with E-state index in [0.29, 0.717) is 0 Å². The van der Waals surface area contributed by atoms with Gasteiger partial charge in [-0.1, -0.05) is 0 Å². The lowest BCUT2D eigenvalue weighted by Gasteiger charge is -2.16. The van der Waals surface area contributed by atoms with Crippen molar-refractivity contribution in [3.05, 3.63) is 12.4 Å². The molecule has 1 aliphatic rings. The first-order chi connectivity index (χ1) is 4.33. The van der Waals surface area contributed by atoms with Gasteiger partial charge in [-0.3, -0.25) is 0 Å². The van der Waals surface area contributed by atoms with Crippen LogP contribution in [0.2, 0.25) is 0 Å². The third-order valence-corrected chi connectivity index (χ3v) is 1.52. The maximum atomic E-state index is 4.13. The van der Waals surface area contributed by atoms with Crippen molar-refractivity contribution in [1.82, 2.24) is 9.80 Å². The van der Waals surface area contributed by atoms with Gasteiger partial charge in [-0.15, -0.1) is 17.0 Å². The van der Waals surface area contributed by atoms with Crippen LogP contribution in [0.1, 0.15) is 0 Å². The predicted octanol–water partition coefficient (Wildman–Crippen LogP) is 1.17. The van der Waals surface area contributed by atoms with E-state index in [9.17, 15) is 0 Å². The van der Waals surface area contributed by atoms with Crippen molar-refractivity contribution in [2.45, 2.75) is 0 Å². The van der Waals surface area contributed by atoms with Crippen LogP contribution in [0.15, 0.2) is 12.4 Å². The Bertz CT molecular complexity index is 118. The molecule has 0 aromatic heterocycles. The van der Waals surface area contributed by atoms with E-state index in [0.717, 1.165) is 19.0 Å². The van der Waals surface area contributed by atoms with Crippen LogP contribution in [0.5, 0.6) is 0 Å². The first-order valence-corrected chi connectivity index (χ1v) is 3.69. The molecule has 1 heterocycles. The fraction of sp³-hybridized carbons (Fsp3) is 0.667. The minimum atomic E-state index is 0. The summed E-state index contributed by atoms with van der Waals surface area (Å²) in [4.78, 5) is 4.37. The smallest absolute Gasteiger partial charge is 0.0891 e. The van der Waals surface area contributed by atoms with E-state index in [1.807, 2.05) is 0 Å². The van der Waals surface area contributed by atoms with E-state index in [4.69, 9.17) is 0 Å². The van der Waals surface area contributed by atoms with Crippen molar-refractivity contribution >= 4 is 29.6 Å². The van der Waals surface area contributed by atoms with Crippen molar-refractivity contribution < 1.29 is 0 Å². The van der Waals surface area contributed by atoms with E-state index < -0.39 is 0 Å². The minimum absolute atomic E-state index is 0. The Hall–Kier alpha value is 0.170. The van der Waals surface area contributed by atoms with Crippen molar-refractivity contribution in [3.63, 3.8) is 0 Å². The average molecular weight is 225 g/mol. The molecule has 0 radical (unpaired) electrons. The highest BCUT2D eigenvalue weighted by molar-refractivity contribution is 8.93. The van der Waals surface area contributed by atoms with E-state index in [-0.39, 0.29) is 17.0 Å². The fourth-order valence-corrected chi connectivity index (χ4v) is 1.12. The molecule has 0 atom stereocenters. The van der Waals surface area contributed by atoms with Crippen LogP contribution >= 0.6 is 29.6 Å². The molecule has 0 spiro atoms. The van der Waals surface area contributed by atoms with Crippen LogP contribution in [-0.4, -0.2) is 35.8 Å². The first-order valence-electron chi connectivity index (χ1n) is 3.06. The van der Waals surface area contributed by atoms with Crippen LogP contribution in [0.3, 0.4) is 0 Å². The highest BCUT2D eigenvalue weighted by atomic mass is 79.9. The maximum absolute atomic E-state index is 4.13. The van der Waals surface area contributed by atoms with E-state index >= 15 is 0 Å². The largest absolute Gasteiger partial charge is 0.362 e. The number of hydrogen-bond donors (Lipinski definition) is 1. The van der Waals surface area contributed by atoms with Crippen molar-refractivity contribution in [2.75, 3.05) is 26.0 Å². The summed E-state index contributed by atoms with van der Waals surface area (Å²) in [6.45, 7) is 2.06. The van der Waals surface area contributed by atoms with Gasteiger partial charge in [0.2, 0.25) is 0 Å². The number of hydrogen-bond acceptors (Lipinski definition) is 3. The molecule has 0 N–H and O–H groups in total. The highest BCUT2D eigenvalue weighted by Crippen LogP contribution is 2.02. The number of rotatable bonds is 2. The second kappa shape index (κ2) is 4.91. The number of halogens is 1. The Kier molecular flexibility index (Phi) is 4.99. The molecule has 1 rings (SSSR count). The van der Waals surface area contributed by atoms with Gasteiger partial charge in [0.25, 0.3) is 0 Å². The highest BCUT2D eigenvalue weighted by Gasteiger charge is 2.05. The van der Waals surface area contributed by atoms with Gasteiger partial charge in [0.1, 0.15) is 0 Å². The summed E-state index contributed by atoms with van der Waals surface area (Å²) in [6.07, 6.45) is 4.17. The van der Waals surface area contributed by atoms with Gasteiger partial charge in [0, 0.05) is 31.7 Å². The normalized spacial score (nSPS) is 15.8. The fourth-order valence-electron chi connectivity index (χ4n) is 0.863. The second-order valence-electron chi connectivity index (χ2n) is 2.23. The standard InChI is InChI=1S/C6H12N2S.BrH/c1-7-2-3-8(6-7)4-5-9;/h2-3,9H,4-6H2,1H3;1H. The quantitative estimate of drug-likeness (QED) is 0.705. The van der Waals surface area contributed by atoms with Crippen LogP contribution in [-0.2, 0) is 0 Å². The molecule has 0 unspecified atom stereocenters. The Morgan fingerprint density at radius 3 is 2.60 bits per heavy atom. The summed E-state index contributed by atoms with van der Waals surface area (Å²) in [7, 11) is 2.06. The molecule has 0 fully saturated rings. The Labute approximate surface area is 78.1 Å². The molecule has 0 bridgehead atoms. The van der Waals surface area contributed by atoms with E-state index in [1.54, 1.807) is 0 Å². The van der Waals surface area contributed by atoms with Crippen molar-refractivity contribution in [2.24, 2.45) is 0 Å². The molecule has 1 aliphatic heterocycles. The summed E-state index contributed by atoms with van der Waals surface area (Å²) in [6, 6.07) is 0. The molecule has 0 amide bonds. The lowest BCUT2D eigenvalue weighted by Crippen LogP contribution is -2.23. The SMILES string of the molecule is Br.CN1C=CN(CCS)C1. The van der Waals surface area contributed by atoms with Gasteiger partial charge in [-0.25, -0.2) is 0 Å². The van der Waals surface area contributed by atoms with Crippen LogP contribution < -0.4 is 0 Å². The Morgan fingerprint density at radius 1 is 1.50 bits per heavy atom. The summed E-state index contributed by atoms with van der Waals surface area (Å²) in [5.74, 6) is 0.929. The molecule has 0 aromatic rings. The maximum Gasteiger partial charge on any atom is 0.0891 e. The molecule has 60 valence electrons. The molecule has 0 aliphatic carbocycles. The van der Waals surface area contributed by atoms with Crippen LogP contribution in [0.25, 0.3) is 0 Å². The third-order valence-electron chi connectivity index (χ3n) is 1.32. The molecular weight excluding hydrogens is 212 g/mol. The van der Waals surface area contributed by atoms with Crippen LogP contribution in [0, 0.1) is 0 Å². The van der Waals surface area contributed by atoms with Crippen molar-refractivity contribution in [3.8, 4) is 0 Å². The summed E-state index contributed by atoms with van der Waals surface area (Å²) in [5.41, 5.74) is 0. The van der Waals surface area contributed by atoms with Gasteiger partial charge in [-0.05, 0) is 0 Å². The molecule has 0 aromatic carbocycles. The number of thiol groups is 1. The average Bonchev–Trinajstić information content (AvgIpc) is 2.17. The second-order valence-corrected chi connectivity index (χ2v) is 2.68. The van der Waals surface area contributed by atoms with Crippen LogP contribution in [0.4, 0.5) is 0 Å². The Balaban J connectivity index is 0.000000810. The lowest BCUT2D eigenvalue weighted by atomic mass is 10.6.